The summed E-state index contributed by atoms with van der Waals surface area (Å²) in [5.41, 5.74) is 0. The topological polar surface area (TPSA) is 91.2 Å². The second-order valence-corrected chi connectivity index (χ2v) is 1.30. The predicted octanol–water partition coefficient (Wildman–Crippen LogP) is -1.05. The fraction of sp³-hybridized carbons (Fsp3) is 0. The number of rotatable bonds is 1. The molecule has 0 fully saturated rings. The molecule has 0 saturated carbocycles. The number of furan rings is 1. The van der Waals surface area contributed by atoms with Crippen molar-refractivity contribution in [1.29, 1.82) is 0 Å². The van der Waals surface area contributed by atoms with Crippen molar-refractivity contribution >= 4 is 73.5 Å². The Morgan fingerprint density at radius 1 is 1.58 bits per heavy atom. The molecular weight excluding hydrogens is 203 g/mol. The Morgan fingerprint density at radius 3 is 2.50 bits per heavy atom. The van der Waals surface area contributed by atoms with Crippen LogP contribution in [0.2, 0.25) is 0 Å². The monoisotopic (exact) mass is 212 g/mol. The summed E-state index contributed by atoms with van der Waals surface area (Å²) in [5.74, 6) is -0.0116. The minimum atomic E-state index is -1.37. The maximum absolute atomic E-state index is 9.78. The van der Waals surface area contributed by atoms with Gasteiger partial charge in [0.15, 0.2) is 0 Å². The van der Waals surface area contributed by atoms with Crippen LogP contribution >= 0.6 is 0 Å². The quantitative estimate of drug-likeness (QED) is 0.475. The Labute approximate surface area is 121 Å². The van der Waals surface area contributed by atoms with Crippen LogP contribution in [0.25, 0.3) is 0 Å². The molecule has 0 aliphatic rings. The Hall–Kier alpha value is 0.770. The molecule has 0 radical (unpaired) electrons. The van der Waals surface area contributed by atoms with Gasteiger partial charge in [0.25, 0.3) is 5.95 Å². The molecule has 1 rings (SSSR count). The van der Waals surface area contributed by atoms with Gasteiger partial charge in [-0.05, 0) is 6.07 Å². The third-order valence-corrected chi connectivity index (χ3v) is 0.683. The second kappa shape index (κ2) is 9.85. The van der Waals surface area contributed by atoms with Crippen LogP contribution in [0.4, 0.5) is 4.79 Å². The van der Waals surface area contributed by atoms with E-state index in [0.717, 1.165) is 0 Å². The van der Waals surface area contributed by atoms with Crippen LogP contribution in [-0.4, -0.2) is 84.0 Å². The number of carboxylic acid groups (broad SMARTS) is 1. The van der Waals surface area contributed by atoms with Crippen molar-refractivity contribution in [3.63, 3.8) is 0 Å². The molecule has 0 spiro atoms. The summed E-state index contributed by atoms with van der Waals surface area (Å²) in [6, 6.07) is 2.95. The van der Waals surface area contributed by atoms with Crippen LogP contribution in [-0.2, 0) is 0 Å². The van der Waals surface area contributed by atoms with Gasteiger partial charge in [0.1, 0.15) is 0 Å². The van der Waals surface area contributed by atoms with Crippen molar-refractivity contribution in [2.24, 2.45) is 0 Å². The molecule has 0 aliphatic carbocycles. The van der Waals surface area contributed by atoms with E-state index >= 15 is 0 Å². The Kier molecular flexibility index (Phi) is 15.2. The van der Waals surface area contributed by atoms with E-state index in [1.54, 1.807) is 0 Å². The van der Waals surface area contributed by atoms with E-state index in [1.807, 2.05) is 0 Å². The molecule has 0 atom stereocenters. The number of hydrogen-bond acceptors (Lipinski definition) is 3. The third-order valence-electron chi connectivity index (χ3n) is 0.683. The SMILES string of the molecule is O.O=C(O)Oc1ccco1.[CaH2].[NaH]. The molecule has 0 unspecified atom stereocenters. The van der Waals surface area contributed by atoms with Crippen molar-refractivity contribution < 1.29 is 24.5 Å². The first-order chi connectivity index (χ1) is 4.29. The Bertz CT molecular complexity index is 200. The predicted molar refractivity (Wildman–Crippen MR) is 46.7 cm³/mol. The fourth-order valence-electron chi connectivity index (χ4n) is 0.408. The molecule has 0 bridgehead atoms. The summed E-state index contributed by atoms with van der Waals surface area (Å²) in [6.07, 6.45) is -0.0388. The van der Waals surface area contributed by atoms with E-state index < -0.39 is 6.16 Å². The minimum absolute atomic E-state index is 0. The van der Waals surface area contributed by atoms with Gasteiger partial charge in [-0.2, -0.15) is 0 Å². The molecule has 0 aliphatic heterocycles. The van der Waals surface area contributed by atoms with Gasteiger partial charge in [-0.1, -0.05) is 0 Å². The Morgan fingerprint density at radius 2 is 2.17 bits per heavy atom. The molecule has 62 valence electrons. The molecule has 7 heteroatoms. The van der Waals surface area contributed by atoms with Crippen molar-refractivity contribution in [2.45, 2.75) is 0 Å². The summed E-state index contributed by atoms with van der Waals surface area (Å²) in [6.45, 7) is 0. The zero-order chi connectivity index (χ0) is 6.69. The van der Waals surface area contributed by atoms with Gasteiger partial charge in [0.05, 0.1) is 6.26 Å². The van der Waals surface area contributed by atoms with Gasteiger partial charge in [-0.3, -0.25) is 0 Å². The number of ether oxygens (including phenoxy) is 1. The van der Waals surface area contributed by atoms with E-state index in [-0.39, 0.29) is 78.7 Å². The molecule has 3 N–H and O–H groups in total. The molecule has 0 amide bonds. The van der Waals surface area contributed by atoms with Crippen LogP contribution in [0.1, 0.15) is 0 Å². The third kappa shape index (κ3) is 7.42. The van der Waals surface area contributed by atoms with Gasteiger partial charge >= 0.3 is 73.5 Å². The second-order valence-electron chi connectivity index (χ2n) is 1.30. The van der Waals surface area contributed by atoms with Gasteiger partial charge in [0.2, 0.25) is 0 Å². The normalized spacial score (nSPS) is 6.67. The first-order valence-electron chi connectivity index (χ1n) is 2.23. The summed E-state index contributed by atoms with van der Waals surface area (Å²) in [7, 11) is 0. The van der Waals surface area contributed by atoms with E-state index in [0.29, 0.717) is 0 Å². The molecule has 0 saturated heterocycles. The summed E-state index contributed by atoms with van der Waals surface area (Å²) in [5, 5.41) is 8.00. The number of carbonyl (C=O) groups is 1. The van der Waals surface area contributed by atoms with E-state index in [9.17, 15) is 4.79 Å². The van der Waals surface area contributed by atoms with E-state index in [4.69, 9.17) is 5.11 Å². The average molecular weight is 212 g/mol. The van der Waals surface area contributed by atoms with E-state index in [2.05, 4.69) is 9.15 Å². The summed E-state index contributed by atoms with van der Waals surface area (Å²) < 4.78 is 8.65. The van der Waals surface area contributed by atoms with Crippen molar-refractivity contribution in [2.75, 3.05) is 0 Å². The molecule has 1 heterocycles. The first kappa shape index (κ1) is 18.5. The zero-order valence-electron chi connectivity index (χ0n) is 4.90. The van der Waals surface area contributed by atoms with Gasteiger partial charge in [0, 0.05) is 6.07 Å². The number of hydrogen-bond donors (Lipinski definition) is 1. The average Bonchev–Trinajstić information content (AvgIpc) is 2.15. The van der Waals surface area contributed by atoms with Crippen LogP contribution in [0.5, 0.6) is 5.95 Å². The maximum atomic E-state index is 9.78. The van der Waals surface area contributed by atoms with Crippen molar-refractivity contribution in [1.82, 2.24) is 0 Å². The standard InChI is InChI=1S/C5H4O4.Ca.Na.H2O.3H/c6-5(7)9-4-2-1-3-8-4;;;;;;/h1-3H,(H,6,7);;;1H2;;;. The first-order valence-corrected chi connectivity index (χ1v) is 2.23. The van der Waals surface area contributed by atoms with Crippen LogP contribution in [0.15, 0.2) is 22.8 Å². The summed E-state index contributed by atoms with van der Waals surface area (Å²) >= 11 is 0. The fourth-order valence-corrected chi connectivity index (χ4v) is 0.408. The molecular formula is C5H9CaNaO5. The van der Waals surface area contributed by atoms with Gasteiger partial charge in [-0.15, -0.1) is 0 Å². The van der Waals surface area contributed by atoms with Crippen LogP contribution < -0.4 is 4.74 Å². The molecule has 1 aromatic rings. The zero-order valence-corrected chi connectivity index (χ0v) is 4.90. The molecule has 5 nitrogen and oxygen atoms in total. The van der Waals surface area contributed by atoms with Crippen molar-refractivity contribution in [3.05, 3.63) is 18.4 Å². The van der Waals surface area contributed by atoms with E-state index in [1.165, 1.54) is 18.4 Å². The van der Waals surface area contributed by atoms with Crippen LogP contribution in [0.3, 0.4) is 0 Å². The van der Waals surface area contributed by atoms with Gasteiger partial charge in [-0.25, -0.2) is 4.79 Å². The molecule has 1 aromatic heterocycles. The van der Waals surface area contributed by atoms with Crippen molar-refractivity contribution in [3.8, 4) is 5.95 Å². The molecule has 12 heavy (non-hydrogen) atoms. The summed E-state index contributed by atoms with van der Waals surface area (Å²) in [4.78, 5) is 9.78. The Balaban J connectivity index is -0.000000270. The molecule has 0 aromatic carbocycles. The van der Waals surface area contributed by atoms with Gasteiger partial charge < -0.3 is 19.7 Å². The van der Waals surface area contributed by atoms with Crippen LogP contribution in [0, 0.1) is 0 Å².